The largest absolute Gasteiger partial charge is 0.481 e. The van der Waals surface area contributed by atoms with Gasteiger partial charge in [0.15, 0.2) is 0 Å². The first-order valence-electron chi connectivity index (χ1n) is 10.5. The van der Waals surface area contributed by atoms with E-state index in [1.54, 1.807) is 0 Å². The lowest BCUT2D eigenvalue weighted by Gasteiger charge is -2.44. The number of benzene rings is 2. The molecule has 0 radical (unpaired) electrons. The molecule has 2 aromatic rings. The summed E-state index contributed by atoms with van der Waals surface area (Å²) in [4.78, 5) is 17.3. The number of piperazine rings is 1. The van der Waals surface area contributed by atoms with Crippen LogP contribution in [-0.2, 0) is 16.8 Å². The molecule has 0 spiro atoms. The Hall–Kier alpha value is -1.88. The molecule has 2 aliphatic rings. The van der Waals surface area contributed by atoms with Gasteiger partial charge in [-0.1, -0.05) is 60.7 Å². The molecule has 0 atom stereocenters. The molecule has 2 fully saturated rings. The molecule has 1 N–H and O–H groups in total. The van der Waals surface area contributed by atoms with Gasteiger partial charge in [0.1, 0.15) is 0 Å². The highest BCUT2D eigenvalue weighted by Gasteiger charge is 2.44. The van der Waals surface area contributed by atoms with E-state index >= 15 is 0 Å². The predicted octanol–water partition coefficient (Wildman–Crippen LogP) is 4.19. The smallest absolute Gasteiger partial charge is 0.314 e. The third kappa shape index (κ3) is 4.82. The molecule has 2 aromatic carbocycles. The molecule has 156 valence electrons. The van der Waals surface area contributed by atoms with Crippen LogP contribution in [0, 0.1) is 0 Å². The van der Waals surface area contributed by atoms with Gasteiger partial charge >= 0.3 is 5.97 Å². The summed E-state index contributed by atoms with van der Waals surface area (Å²) in [6, 6.07) is 21.0. The molecular weight excluding hydrogens is 384 g/mol. The molecule has 1 saturated heterocycles. The Labute approximate surface area is 179 Å². The van der Waals surface area contributed by atoms with Gasteiger partial charge < -0.3 is 5.11 Å². The first kappa shape index (κ1) is 21.8. The SMILES string of the molecule is Cl.O=C(O)C1(c2ccccc2)CCC(N2CCN(Cc3ccccc3)CC2)CC1. The van der Waals surface area contributed by atoms with Gasteiger partial charge in [-0.25, -0.2) is 0 Å². The lowest BCUT2D eigenvalue weighted by Crippen LogP contribution is -2.52. The molecule has 1 saturated carbocycles. The zero-order chi connectivity index (χ0) is 19.4. The van der Waals surface area contributed by atoms with Crippen molar-refractivity contribution >= 4 is 18.4 Å². The van der Waals surface area contributed by atoms with Crippen LogP contribution >= 0.6 is 12.4 Å². The van der Waals surface area contributed by atoms with Crippen LogP contribution in [0.4, 0.5) is 0 Å². The molecule has 0 unspecified atom stereocenters. The number of carboxylic acids is 1. The Balaban J connectivity index is 0.00000240. The standard InChI is InChI=1S/C24H30N2O2.ClH/c27-23(28)24(21-9-5-2-6-10-21)13-11-22(12-14-24)26-17-15-25(16-18-26)19-20-7-3-1-4-8-20;/h1-10,22H,11-19H2,(H,27,28);1H. The third-order valence-electron chi connectivity index (χ3n) is 6.72. The topological polar surface area (TPSA) is 43.8 Å². The molecule has 0 bridgehead atoms. The Kier molecular flexibility index (Phi) is 7.33. The summed E-state index contributed by atoms with van der Waals surface area (Å²) in [7, 11) is 0. The van der Waals surface area contributed by atoms with Crippen molar-refractivity contribution in [2.45, 2.75) is 43.7 Å². The van der Waals surface area contributed by atoms with Crippen LogP contribution in [-0.4, -0.2) is 53.1 Å². The number of rotatable bonds is 5. The van der Waals surface area contributed by atoms with Crippen molar-refractivity contribution in [3.8, 4) is 0 Å². The van der Waals surface area contributed by atoms with Crippen molar-refractivity contribution < 1.29 is 9.90 Å². The van der Waals surface area contributed by atoms with E-state index in [0.29, 0.717) is 6.04 Å². The number of halogens is 1. The predicted molar refractivity (Wildman–Crippen MR) is 119 cm³/mol. The highest BCUT2D eigenvalue weighted by molar-refractivity contribution is 5.85. The molecule has 5 heteroatoms. The summed E-state index contributed by atoms with van der Waals surface area (Å²) in [5.41, 5.74) is 1.64. The fraction of sp³-hybridized carbons (Fsp3) is 0.458. The van der Waals surface area contributed by atoms with Crippen LogP contribution in [0.2, 0.25) is 0 Å². The first-order chi connectivity index (χ1) is 13.7. The molecule has 4 nitrogen and oxygen atoms in total. The van der Waals surface area contributed by atoms with Gasteiger partial charge in [-0.15, -0.1) is 12.4 Å². The van der Waals surface area contributed by atoms with E-state index in [9.17, 15) is 9.90 Å². The Bertz CT molecular complexity index is 768. The quantitative estimate of drug-likeness (QED) is 0.796. The molecular formula is C24H31ClN2O2. The molecule has 1 aliphatic heterocycles. The monoisotopic (exact) mass is 414 g/mol. The van der Waals surface area contributed by atoms with Crippen LogP contribution in [0.1, 0.15) is 36.8 Å². The van der Waals surface area contributed by atoms with Gasteiger partial charge in [-0.05, 0) is 36.8 Å². The molecule has 1 aliphatic carbocycles. The van der Waals surface area contributed by atoms with E-state index in [1.807, 2.05) is 30.3 Å². The maximum atomic E-state index is 12.2. The molecule has 0 amide bonds. The molecule has 4 rings (SSSR count). The average molecular weight is 415 g/mol. The Morgan fingerprint density at radius 3 is 2.00 bits per heavy atom. The van der Waals surface area contributed by atoms with Gasteiger partial charge in [-0.2, -0.15) is 0 Å². The number of nitrogens with zero attached hydrogens (tertiary/aromatic N) is 2. The zero-order valence-corrected chi connectivity index (χ0v) is 17.7. The van der Waals surface area contributed by atoms with E-state index in [1.165, 1.54) is 5.56 Å². The lowest BCUT2D eigenvalue weighted by molar-refractivity contribution is -0.146. The number of carbonyl (C=O) groups is 1. The van der Waals surface area contributed by atoms with Crippen LogP contribution in [0.15, 0.2) is 60.7 Å². The highest BCUT2D eigenvalue weighted by atomic mass is 35.5. The van der Waals surface area contributed by atoms with Gasteiger partial charge in [-0.3, -0.25) is 14.6 Å². The van der Waals surface area contributed by atoms with E-state index in [2.05, 4.69) is 40.1 Å². The third-order valence-corrected chi connectivity index (χ3v) is 6.72. The van der Waals surface area contributed by atoms with Crippen LogP contribution < -0.4 is 0 Å². The fourth-order valence-electron chi connectivity index (χ4n) is 4.97. The van der Waals surface area contributed by atoms with E-state index in [4.69, 9.17) is 0 Å². The summed E-state index contributed by atoms with van der Waals surface area (Å²) in [6.07, 6.45) is 3.42. The number of hydrogen-bond acceptors (Lipinski definition) is 3. The second-order valence-electron chi connectivity index (χ2n) is 8.28. The molecule has 0 aromatic heterocycles. The van der Waals surface area contributed by atoms with Crippen molar-refractivity contribution in [2.75, 3.05) is 26.2 Å². The van der Waals surface area contributed by atoms with Crippen LogP contribution in [0.5, 0.6) is 0 Å². The zero-order valence-electron chi connectivity index (χ0n) is 16.9. The normalized spacial score (nSPS) is 25.9. The first-order valence-corrected chi connectivity index (χ1v) is 10.5. The van der Waals surface area contributed by atoms with Crippen LogP contribution in [0.25, 0.3) is 0 Å². The van der Waals surface area contributed by atoms with Crippen molar-refractivity contribution in [3.05, 3.63) is 71.8 Å². The van der Waals surface area contributed by atoms with E-state index in [-0.39, 0.29) is 12.4 Å². The Morgan fingerprint density at radius 2 is 1.45 bits per heavy atom. The van der Waals surface area contributed by atoms with Gasteiger partial charge in [0.25, 0.3) is 0 Å². The van der Waals surface area contributed by atoms with Gasteiger partial charge in [0, 0.05) is 38.8 Å². The minimum Gasteiger partial charge on any atom is -0.481 e. The maximum absolute atomic E-state index is 12.2. The minimum absolute atomic E-state index is 0. The average Bonchev–Trinajstić information content (AvgIpc) is 2.76. The molecule has 1 heterocycles. The van der Waals surface area contributed by atoms with E-state index in [0.717, 1.165) is 64.0 Å². The van der Waals surface area contributed by atoms with E-state index < -0.39 is 11.4 Å². The second-order valence-corrected chi connectivity index (χ2v) is 8.28. The van der Waals surface area contributed by atoms with Crippen LogP contribution in [0.3, 0.4) is 0 Å². The van der Waals surface area contributed by atoms with Gasteiger partial charge in [0.05, 0.1) is 5.41 Å². The lowest BCUT2D eigenvalue weighted by atomic mass is 9.68. The summed E-state index contributed by atoms with van der Waals surface area (Å²) in [5.74, 6) is -0.662. The summed E-state index contributed by atoms with van der Waals surface area (Å²) >= 11 is 0. The number of carboxylic acid groups (broad SMARTS) is 1. The highest BCUT2D eigenvalue weighted by Crippen LogP contribution is 2.41. The maximum Gasteiger partial charge on any atom is 0.314 e. The van der Waals surface area contributed by atoms with Crippen molar-refractivity contribution in [3.63, 3.8) is 0 Å². The summed E-state index contributed by atoms with van der Waals surface area (Å²) in [5, 5.41) is 9.99. The van der Waals surface area contributed by atoms with Crippen molar-refractivity contribution in [2.24, 2.45) is 0 Å². The number of aliphatic carboxylic acids is 1. The van der Waals surface area contributed by atoms with Crippen molar-refractivity contribution in [1.82, 2.24) is 9.80 Å². The molecule has 29 heavy (non-hydrogen) atoms. The number of hydrogen-bond donors (Lipinski definition) is 1. The second kappa shape index (κ2) is 9.75. The minimum atomic E-state index is -0.701. The Morgan fingerprint density at radius 1 is 0.897 bits per heavy atom. The van der Waals surface area contributed by atoms with Crippen molar-refractivity contribution in [1.29, 1.82) is 0 Å². The van der Waals surface area contributed by atoms with Gasteiger partial charge in [0.2, 0.25) is 0 Å². The summed E-state index contributed by atoms with van der Waals surface area (Å²) in [6.45, 7) is 5.38. The summed E-state index contributed by atoms with van der Waals surface area (Å²) < 4.78 is 0. The fourth-order valence-corrected chi connectivity index (χ4v) is 4.97.